The molecule has 3 aliphatic rings. The molecule has 0 aliphatic carbocycles. The van der Waals surface area contributed by atoms with Crippen LogP contribution in [-0.2, 0) is 9.53 Å². The first-order chi connectivity index (χ1) is 13.7. The van der Waals surface area contributed by atoms with E-state index >= 15 is 0 Å². The van der Waals surface area contributed by atoms with Crippen LogP contribution in [0.15, 0.2) is 24.3 Å². The lowest BCUT2D eigenvalue weighted by molar-refractivity contribution is -0.133. The normalized spacial score (nSPS) is 24.7. The van der Waals surface area contributed by atoms with Crippen LogP contribution in [0.3, 0.4) is 0 Å². The predicted octanol–water partition coefficient (Wildman–Crippen LogP) is 1.44. The molecule has 1 amide bonds. The Hall–Kier alpha value is -1.63. The average molecular weight is 387 g/mol. The van der Waals surface area contributed by atoms with Crippen molar-refractivity contribution in [1.82, 2.24) is 14.7 Å². The average Bonchev–Trinajstić information content (AvgIpc) is 3.23. The number of hydrogen-bond acceptors (Lipinski definition) is 5. The van der Waals surface area contributed by atoms with Gasteiger partial charge in [-0.1, -0.05) is 12.1 Å². The van der Waals surface area contributed by atoms with E-state index in [2.05, 4.69) is 45.9 Å². The van der Waals surface area contributed by atoms with Gasteiger partial charge < -0.3 is 14.5 Å². The molecule has 0 saturated carbocycles. The van der Waals surface area contributed by atoms with E-state index in [9.17, 15) is 4.79 Å². The summed E-state index contributed by atoms with van der Waals surface area (Å²) in [5.74, 6) is 0.288. The zero-order chi connectivity index (χ0) is 19.3. The molecule has 1 aromatic rings. The molecule has 3 heterocycles. The van der Waals surface area contributed by atoms with E-state index in [1.54, 1.807) is 0 Å². The fraction of sp³-hybridized carbons (Fsp3) is 0.682. The molecular weight excluding hydrogens is 352 g/mol. The molecule has 6 nitrogen and oxygen atoms in total. The maximum absolute atomic E-state index is 12.8. The van der Waals surface area contributed by atoms with Crippen LogP contribution in [0.1, 0.15) is 18.4 Å². The van der Waals surface area contributed by atoms with E-state index < -0.39 is 0 Å². The second kappa shape index (κ2) is 9.25. The summed E-state index contributed by atoms with van der Waals surface area (Å²) in [7, 11) is 0. The smallest absolute Gasteiger partial charge is 0.236 e. The first kappa shape index (κ1) is 19.7. The highest BCUT2D eigenvalue weighted by Gasteiger charge is 2.26. The van der Waals surface area contributed by atoms with Crippen LogP contribution in [0, 0.1) is 6.92 Å². The highest BCUT2D eigenvalue weighted by Crippen LogP contribution is 2.18. The van der Waals surface area contributed by atoms with E-state index in [1.165, 1.54) is 24.1 Å². The van der Waals surface area contributed by atoms with Gasteiger partial charge in [0.05, 0.1) is 12.6 Å². The van der Waals surface area contributed by atoms with Crippen LogP contribution in [0.25, 0.3) is 0 Å². The SMILES string of the molecule is Cc1cccc(N2CCN(C(=O)CN3CCN(CC4CCCO4)CC3)CC2)c1. The molecule has 3 fully saturated rings. The molecule has 0 spiro atoms. The van der Waals surface area contributed by atoms with Crippen LogP contribution < -0.4 is 4.90 Å². The van der Waals surface area contributed by atoms with Crippen molar-refractivity contribution in [2.45, 2.75) is 25.9 Å². The Balaban J connectivity index is 1.18. The standard InChI is InChI=1S/C22H34N4O2/c1-19-4-2-5-20(16-19)25-11-13-26(14-12-25)22(27)18-24-9-7-23(8-10-24)17-21-6-3-15-28-21/h2,4-5,16,21H,3,6-15,17-18H2,1H3. The van der Waals surface area contributed by atoms with Gasteiger partial charge in [-0.15, -0.1) is 0 Å². The number of nitrogens with zero attached hydrogens (tertiary/aromatic N) is 4. The number of aryl methyl sites for hydroxylation is 1. The predicted molar refractivity (Wildman–Crippen MR) is 112 cm³/mol. The third kappa shape index (κ3) is 5.04. The molecule has 4 rings (SSSR count). The van der Waals surface area contributed by atoms with Crippen LogP contribution in [0.5, 0.6) is 0 Å². The van der Waals surface area contributed by atoms with Crippen molar-refractivity contribution in [2.75, 3.05) is 77.0 Å². The Morgan fingerprint density at radius 3 is 2.46 bits per heavy atom. The highest BCUT2D eigenvalue weighted by molar-refractivity contribution is 5.78. The summed E-state index contributed by atoms with van der Waals surface area (Å²) in [5, 5.41) is 0. The van der Waals surface area contributed by atoms with E-state index in [0.29, 0.717) is 12.6 Å². The Morgan fingerprint density at radius 2 is 1.79 bits per heavy atom. The van der Waals surface area contributed by atoms with Crippen molar-refractivity contribution in [3.8, 4) is 0 Å². The molecule has 3 aliphatic heterocycles. The van der Waals surface area contributed by atoms with Gasteiger partial charge in [-0.05, 0) is 37.5 Å². The second-order valence-electron chi connectivity index (χ2n) is 8.42. The van der Waals surface area contributed by atoms with Gasteiger partial charge in [0.1, 0.15) is 0 Å². The minimum Gasteiger partial charge on any atom is -0.377 e. The quantitative estimate of drug-likeness (QED) is 0.766. The lowest BCUT2D eigenvalue weighted by Gasteiger charge is -2.39. The van der Waals surface area contributed by atoms with Crippen molar-refractivity contribution in [3.05, 3.63) is 29.8 Å². The van der Waals surface area contributed by atoms with Gasteiger partial charge in [0.25, 0.3) is 0 Å². The molecule has 0 bridgehead atoms. The summed E-state index contributed by atoms with van der Waals surface area (Å²) >= 11 is 0. The summed E-state index contributed by atoms with van der Waals surface area (Å²) in [6.07, 6.45) is 2.83. The van der Waals surface area contributed by atoms with Gasteiger partial charge in [0, 0.05) is 71.2 Å². The molecule has 1 aromatic carbocycles. The molecule has 1 atom stereocenters. The topological polar surface area (TPSA) is 39.3 Å². The summed E-state index contributed by atoms with van der Waals surface area (Å²) in [6.45, 7) is 12.2. The van der Waals surface area contributed by atoms with Crippen molar-refractivity contribution >= 4 is 11.6 Å². The second-order valence-corrected chi connectivity index (χ2v) is 8.42. The zero-order valence-electron chi connectivity index (χ0n) is 17.2. The minimum atomic E-state index is 0.288. The van der Waals surface area contributed by atoms with Crippen molar-refractivity contribution in [3.63, 3.8) is 0 Å². The highest BCUT2D eigenvalue weighted by atomic mass is 16.5. The molecule has 3 saturated heterocycles. The van der Waals surface area contributed by atoms with Crippen LogP contribution >= 0.6 is 0 Å². The van der Waals surface area contributed by atoms with Gasteiger partial charge in [-0.2, -0.15) is 0 Å². The van der Waals surface area contributed by atoms with E-state index in [1.807, 2.05) is 4.90 Å². The summed E-state index contributed by atoms with van der Waals surface area (Å²) in [5.41, 5.74) is 2.56. The fourth-order valence-corrected chi connectivity index (χ4v) is 4.54. The monoisotopic (exact) mass is 386 g/mol. The number of benzene rings is 1. The molecule has 6 heteroatoms. The number of rotatable bonds is 5. The van der Waals surface area contributed by atoms with Crippen molar-refractivity contribution in [2.24, 2.45) is 0 Å². The molecule has 0 N–H and O–H groups in total. The maximum Gasteiger partial charge on any atom is 0.236 e. The molecule has 154 valence electrons. The van der Waals surface area contributed by atoms with Gasteiger partial charge >= 0.3 is 0 Å². The van der Waals surface area contributed by atoms with E-state index in [0.717, 1.165) is 65.5 Å². The lowest BCUT2D eigenvalue weighted by atomic mass is 10.2. The molecular formula is C22H34N4O2. The number of ether oxygens (including phenoxy) is 1. The largest absolute Gasteiger partial charge is 0.377 e. The minimum absolute atomic E-state index is 0.288. The van der Waals surface area contributed by atoms with Gasteiger partial charge in [0.15, 0.2) is 0 Å². The molecule has 0 aromatic heterocycles. The molecule has 28 heavy (non-hydrogen) atoms. The zero-order valence-corrected chi connectivity index (χ0v) is 17.2. The molecule has 0 radical (unpaired) electrons. The van der Waals surface area contributed by atoms with Crippen LogP contribution in [-0.4, -0.2) is 98.8 Å². The first-order valence-electron chi connectivity index (χ1n) is 10.8. The fourth-order valence-electron chi connectivity index (χ4n) is 4.54. The summed E-state index contributed by atoms with van der Waals surface area (Å²) in [6, 6.07) is 8.64. The summed E-state index contributed by atoms with van der Waals surface area (Å²) < 4.78 is 5.75. The van der Waals surface area contributed by atoms with Crippen LogP contribution in [0.4, 0.5) is 5.69 Å². The van der Waals surface area contributed by atoms with E-state index in [-0.39, 0.29) is 5.91 Å². The number of carbonyl (C=O) groups is 1. The van der Waals surface area contributed by atoms with Gasteiger partial charge in [-0.3, -0.25) is 14.6 Å². The third-order valence-electron chi connectivity index (χ3n) is 6.31. The van der Waals surface area contributed by atoms with Crippen molar-refractivity contribution < 1.29 is 9.53 Å². The number of carbonyl (C=O) groups excluding carboxylic acids is 1. The number of amides is 1. The number of piperazine rings is 2. The Bertz CT molecular complexity index is 646. The number of hydrogen-bond donors (Lipinski definition) is 0. The number of anilines is 1. The Kier molecular flexibility index (Phi) is 6.50. The van der Waals surface area contributed by atoms with Crippen LogP contribution in [0.2, 0.25) is 0 Å². The Morgan fingerprint density at radius 1 is 1.04 bits per heavy atom. The lowest BCUT2D eigenvalue weighted by Crippen LogP contribution is -2.54. The first-order valence-corrected chi connectivity index (χ1v) is 10.8. The van der Waals surface area contributed by atoms with Gasteiger partial charge in [-0.25, -0.2) is 0 Å². The summed E-state index contributed by atoms with van der Waals surface area (Å²) in [4.78, 5) is 22.0. The van der Waals surface area contributed by atoms with Gasteiger partial charge in [0.2, 0.25) is 5.91 Å². The maximum atomic E-state index is 12.8. The van der Waals surface area contributed by atoms with Crippen molar-refractivity contribution in [1.29, 1.82) is 0 Å². The third-order valence-corrected chi connectivity index (χ3v) is 6.31. The molecule has 1 unspecified atom stereocenters. The van der Waals surface area contributed by atoms with E-state index in [4.69, 9.17) is 4.74 Å². The Labute approximate surface area is 169 Å².